The quantitative estimate of drug-likeness (QED) is 0.369. The standard InChI is InChI=1S/C7H15.K/c1-4-6-7(3)5-2;/h4,7H,5-6H2,1-3H3;/q-1;+1. The summed E-state index contributed by atoms with van der Waals surface area (Å²) in [6.07, 6.45) is 4.81. The molecule has 0 aromatic carbocycles. The van der Waals surface area contributed by atoms with E-state index in [1.165, 1.54) is 12.8 Å². The van der Waals surface area contributed by atoms with E-state index in [2.05, 4.69) is 27.2 Å². The van der Waals surface area contributed by atoms with Gasteiger partial charge in [0.15, 0.2) is 0 Å². The van der Waals surface area contributed by atoms with E-state index in [0.717, 1.165) is 5.92 Å². The molecular formula is C7H15K. The largest absolute Gasteiger partial charge is 1.00 e. The van der Waals surface area contributed by atoms with Gasteiger partial charge in [-0.1, -0.05) is 26.2 Å². The molecular weight excluding hydrogens is 123 g/mol. The Balaban J connectivity index is 0. The zero-order valence-electron chi connectivity index (χ0n) is 6.57. The molecule has 1 heteroatoms. The van der Waals surface area contributed by atoms with E-state index in [1.807, 2.05) is 0 Å². The van der Waals surface area contributed by atoms with Crippen LogP contribution in [0.15, 0.2) is 0 Å². The molecule has 0 saturated heterocycles. The van der Waals surface area contributed by atoms with Crippen LogP contribution in [-0.2, 0) is 0 Å². The van der Waals surface area contributed by atoms with E-state index >= 15 is 0 Å². The van der Waals surface area contributed by atoms with Crippen LogP contribution in [0.4, 0.5) is 0 Å². The summed E-state index contributed by atoms with van der Waals surface area (Å²) in [4.78, 5) is 0. The van der Waals surface area contributed by atoms with Crippen LogP contribution in [-0.4, -0.2) is 0 Å². The number of rotatable bonds is 3. The minimum absolute atomic E-state index is 0. The SMILES string of the molecule is C[CH-]CC(C)CC.[K+]. The molecule has 1 atom stereocenters. The third kappa shape index (κ3) is 7.64. The van der Waals surface area contributed by atoms with Crippen molar-refractivity contribution in [2.45, 2.75) is 33.6 Å². The first-order chi connectivity index (χ1) is 3.31. The second-order valence-electron chi connectivity index (χ2n) is 2.16. The second-order valence-corrected chi connectivity index (χ2v) is 2.16. The summed E-state index contributed by atoms with van der Waals surface area (Å²) in [5, 5.41) is 0. The van der Waals surface area contributed by atoms with Crippen LogP contribution in [0.25, 0.3) is 0 Å². The Kier molecular flexibility index (Phi) is 13.3. The van der Waals surface area contributed by atoms with Gasteiger partial charge in [0.2, 0.25) is 0 Å². The second kappa shape index (κ2) is 8.64. The van der Waals surface area contributed by atoms with Crippen molar-refractivity contribution in [2.24, 2.45) is 5.92 Å². The fourth-order valence-corrected chi connectivity index (χ4v) is 0.569. The van der Waals surface area contributed by atoms with Gasteiger partial charge in [0.1, 0.15) is 0 Å². The van der Waals surface area contributed by atoms with Crippen LogP contribution in [0, 0.1) is 12.3 Å². The smallest absolute Gasteiger partial charge is 0.331 e. The molecule has 0 rings (SSSR count). The molecule has 0 aliphatic carbocycles. The maximum atomic E-state index is 2.28. The molecule has 1 unspecified atom stereocenters. The zero-order chi connectivity index (χ0) is 5.70. The summed E-state index contributed by atoms with van der Waals surface area (Å²) in [5.41, 5.74) is 0. The van der Waals surface area contributed by atoms with Crippen molar-refractivity contribution < 1.29 is 51.4 Å². The molecule has 8 heavy (non-hydrogen) atoms. The Morgan fingerprint density at radius 1 is 1.50 bits per heavy atom. The summed E-state index contributed by atoms with van der Waals surface area (Å²) in [6.45, 7) is 6.63. The first kappa shape index (κ1) is 12.3. The van der Waals surface area contributed by atoms with E-state index < -0.39 is 0 Å². The van der Waals surface area contributed by atoms with Crippen molar-refractivity contribution in [1.82, 2.24) is 0 Å². The summed E-state index contributed by atoms with van der Waals surface area (Å²) in [7, 11) is 0. The Bertz CT molecular complexity index is 35.4. The first-order valence-electron chi connectivity index (χ1n) is 3.09. The molecule has 0 heterocycles. The van der Waals surface area contributed by atoms with Gasteiger partial charge in [-0.15, -0.1) is 0 Å². The zero-order valence-corrected chi connectivity index (χ0v) is 9.69. The third-order valence-corrected chi connectivity index (χ3v) is 1.33. The van der Waals surface area contributed by atoms with Gasteiger partial charge >= 0.3 is 51.4 Å². The van der Waals surface area contributed by atoms with E-state index in [4.69, 9.17) is 0 Å². The maximum Gasteiger partial charge on any atom is 1.00 e. The monoisotopic (exact) mass is 138 g/mol. The van der Waals surface area contributed by atoms with E-state index in [9.17, 15) is 0 Å². The van der Waals surface area contributed by atoms with Crippen LogP contribution in [0.3, 0.4) is 0 Å². The predicted octanol–water partition coefficient (Wildman–Crippen LogP) is -0.349. The van der Waals surface area contributed by atoms with Crippen molar-refractivity contribution in [2.75, 3.05) is 0 Å². The van der Waals surface area contributed by atoms with E-state index in [1.54, 1.807) is 0 Å². The molecule has 0 spiro atoms. The van der Waals surface area contributed by atoms with Gasteiger partial charge in [-0.25, -0.2) is 0 Å². The van der Waals surface area contributed by atoms with Crippen molar-refractivity contribution in [1.29, 1.82) is 0 Å². The minimum Gasteiger partial charge on any atom is -0.331 e. The van der Waals surface area contributed by atoms with Gasteiger partial charge in [-0.3, -0.25) is 0 Å². The molecule has 0 fully saturated rings. The van der Waals surface area contributed by atoms with E-state index in [0.29, 0.717) is 0 Å². The van der Waals surface area contributed by atoms with Crippen molar-refractivity contribution in [3.05, 3.63) is 6.42 Å². The normalized spacial score (nSPS) is 12.4. The van der Waals surface area contributed by atoms with Gasteiger partial charge in [0.25, 0.3) is 0 Å². The molecule has 0 aromatic heterocycles. The van der Waals surface area contributed by atoms with Gasteiger partial charge in [-0.05, 0) is 0 Å². The summed E-state index contributed by atoms with van der Waals surface area (Å²) < 4.78 is 0. The Hall–Kier alpha value is 1.64. The Morgan fingerprint density at radius 3 is 2.12 bits per heavy atom. The van der Waals surface area contributed by atoms with Crippen molar-refractivity contribution in [3.63, 3.8) is 0 Å². The number of hydrogen-bond acceptors (Lipinski definition) is 0. The molecule has 0 aliphatic heterocycles. The predicted molar refractivity (Wildman–Crippen MR) is 34.0 cm³/mol. The van der Waals surface area contributed by atoms with Gasteiger partial charge in [-0.2, -0.15) is 13.3 Å². The topological polar surface area (TPSA) is 0 Å². The van der Waals surface area contributed by atoms with Gasteiger partial charge in [0.05, 0.1) is 0 Å². The van der Waals surface area contributed by atoms with Crippen LogP contribution >= 0.6 is 0 Å². The van der Waals surface area contributed by atoms with Crippen LogP contribution in [0.2, 0.25) is 0 Å². The molecule has 0 radical (unpaired) electrons. The van der Waals surface area contributed by atoms with Crippen LogP contribution in [0.1, 0.15) is 33.6 Å². The van der Waals surface area contributed by atoms with Crippen molar-refractivity contribution >= 4 is 0 Å². The molecule has 0 nitrogen and oxygen atoms in total. The fraction of sp³-hybridized carbons (Fsp3) is 0.857. The van der Waals surface area contributed by atoms with E-state index in [-0.39, 0.29) is 51.4 Å². The molecule has 0 aliphatic rings. The maximum absolute atomic E-state index is 2.28. The van der Waals surface area contributed by atoms with Crippen LogP contribution in [0.5, 0.6) is 0 Å². The molecule has 0 saturated carbocycles. The Morgan fingerprint density at radius 2 is 2.00 bits per heavy atom. The van der Waals surface area contributed by atoms with Crippen molar-refractivity contribution in [3.8, 4) is 0 Å². The Labute approximate surface area is 95.9 Å². The summed E-state index contributed by atoms with van der Waals surface area (Å²) in [6, 6.07) is 0. The molecule has 44 valence electrons. The van der Waals surface area contributed by atoms with Gasteiger partial charge < -0.3 is 6.42 Å². The molecule has 0 N–H and O–H groups in total. The molecule has 0 aromatic rings. The summed E-state index contributed by atoms with van der Waals surface area (Å²) in [5.74, 6) is 0.894. The van der Waals surface area contributed by atoms with Gasteiger partial charge in [0, 0.05) is 0 Å². The summed E-state index contributed by atoms with van der Waals surface area (Å²) >= 11 is 0. The van der Waals surface area contributed by atoms with Crippen LogP contribution < -0.4 is 51.4 Å². The average molecular weight is 138 g/mol. The average Bonchev–Trinajstić information content (AvgIpc) is 1.68. The third-order valence-electron chi connectivity index (χ3n) is 1.33. The first-order valence-corrected chi connectivity index (χ1v) is 3.09. The minimum atomic E-state index is 0. The molecule has 0 bridgehead atoms. The molecule has 0 amide bonds. The fourth-order valence-electron chi connectivity index (χ4n) is 0.569. The number of hydrogen-bond donors (Lipinski definition) is 0.